The minimum absolute atomic E-state index is 0.0149. The van der Waals surface area contributed by atoms with Crippen LogP contribution < -0.4 is 10.6 Å². The van der Waals surface area contributed by atoms with Crippen molar-refractivity contribution in [2.45, 2.75) is 23.8 Å². The van der Waals surface area contributed by atoms with Gasteiger partial charge < -0.3 is 10.6 Å². The van der Waals surface area contributed by atoms with Crippen LogP contribution in [0.4, 0.5) is 11.4 Å². The minimum atomic E-state index is -0.432. The highest BCUT2D eigenvalue weighted by molar-refractivity contribution is 7.99. The van der Waals surface area contributed by atoms with E-state index in [2.05, 4.69) is 22.8 Å². The van der Waals surface area contributed by atoms with Gasteiger partial charge in [0.1, 0.15) is 5.69 Å². The maximum Gasteiger partial charge on any atom is 0.292 e. The van der Waals surface area contributed by atoms with E-state index in [0.29, 0.717) is 12.2 Å². The summed E-state index contributed by atoms with van der Waals surface area (Å²) in [7, 11) is 0. The van der Waals surface area contributed by atoms with Crippen molar-refractivity contribution in [3.63, 3.8) is 0 Å². The minimum Gasteiger partial charge on any atom is -0.379 e. The van der Waals surface area contributed by atoms with Crippen molar-refractivity contribution in [1.82, 2.24) is 5.32 Å². The summed E-state index contributed by atoms with van der Waals surface area (Å²) in [5, 5.41) is 17.0. The lowest BCUT2D eigenvalue weighted by Gasteiger charge is -2.25. The van der Waals surface area contributed by atoms with Crippen molar-refractivity contribution in [3.05, 3.63) is 64.2 Å². The summed E-state index contributed by atoms with van der Waals surface area (Å²) in [6.45, 7) is 0.347. The second kappa shape index (κ2) is 8.02. The summed E-state index contributed by atoms with van der Waals surface area (Å²) in [6.07, 6.45) is 1.17. The smallest absolute Gasteiger partial charge is 0.292 e. The molecular weight excluding hydrogens is 338 g/mol. The molecule has 25 heavy (non-hydrogen) atoms. The van der Waals surface area contributed by atoms with Crippen LogP contribution in [0.5, 0.6) is 0 Å². The molecule has 1 heterocycles. The number of benzene rings is 2. The van der Waals surface area contributed by atoms with Crippen LogP contribution >= 0.6 is 11.8 Å². The van der Waals surface area contributed by atoms with Crippen LogP contribution in [0.25, 0.3) is 0 Å². The molecule has 0 aliphatic carbocycles. The summed E-state index contributed by atoms with van der Waals surface area (Å²) in [4.78, 5) is 24.0. The zero-order chi connectivity index (χ0) is 17.6. The average molecular weight is 357 g/mol. The van der Waals surface area contributed by atoms with Crippen LogP contribution in [0.3, 0.4) is 0 Å². The number of hydrogen-bond donors (Lipinski definition) is 2. The molecule has 130 valence electrons. The molecule has 0 aromatic heterocycles. The molecule has 7 heteroatoms. The first-order valence-corrected chi connectivity index (χ1v) is 9.12. The number of rotatable bonds is 6. The molecule has 0 bridgehead atoms. The maximum atomic E-state index is 12.2. The van der Waals surface area contributed by atoms with Gasteiger partial charge >= 0.3 is 0 Å². The number of amides is 1. The van der Waals surface area contributed by atoms with E-state index in [1.54, 1.807) is 18.2 Å². The Labute approximate surface area is 150 Å². The highest BCUT2D eigenvalue weighted by Crippen LogP contribution is 2.35. The summed E-state index contributed by atoms with van der Waals surface area (Å²) in [5.41, 5.74) is 1.61. The number of hydrogen-bond acceptors (Lipinski definition) is 5. The van der Waals surface area contributed by atoms with E-state index in [-0.39, 0.29) is 24.1 Å². The Bertz CT molecular complexity index is 782. The molecule has 6 nitrogen and oxygen atoms in total. The van der Waals surface area contributed by atoms with E-state index in [4.69, 9.17) is 0 Å². The first kappa shape index (κ1) is 17.3. The van der Waals surface area contributed by atoms with Gasteiger partial charge in [0, 0.05) is 29.7 Å². The number of nitro benzene ring substituents is 1. The van der Waals surface area contributed by atoms with Crippen LogP contribution in [0.15, 0.2) is 53.4 Å². The highest BCUT2D eigenvalue weighted by atomic mass is 32.2. The number of nitrogens with one attached hydrogen (secondary N) is 2. The number of para-hydroxylation sites is 2. The molecule has 2 aromatic rings. The van der Waals surface area contributed by atoms with Crippen molar-refractivity contribution in [3.8, 4) is 0 Å². The fraction of sp³-hybridized carbons (Fsp3) is 0.278. The Morgan fingerprint density at radius 1 is 1.20 bits per heavy atom. The number of fused-ring (bicyclic) bond motifs is 1. The number of anilines is 1. The van der Waals surface area contributed by atoms with Crippen molar-refractivity contribution in [1.29, 1.82) is 0 Å². The Hall–Kier alpha value is -2.54. The molecule has 2 aromatic carbocycles. The molecule has 1 aliphatic heterocycles. The standard InChI is InChI=1S/C18H19N3O3S/c22-18(9-11-19-15-6-2-3-7-16(15)21(23)24)20-14-10-12-25-17-8-4-1-5-13(14)17/h1-8,14,19H,9-12H2,(H,20,22). The predicted octanol–water partition coefficient (Wildman–Crippen LogP) is 3.75. The zero-order valence-electron chi connectivity index (χ0n) is 13.6. The average Bonchev–Trinajstić information content (AvgIpc) is 2.62. The van der Waals surface area contributed by atoms with E-state index in [9.17, 15) is 14.9 Å². The fourth-order valence-corrected chi connectivity index (χ4v) is 3.98. The largest absolute Gasteiger partial charge is 0.379 e. The van der Waals surface area contributed by atoms with Crippen LogP contribution in [0, 0.1) is 10.1 Å². The van der Waals surface area contributed by atoms with Gasteiger partial charge in [-0.2, -0.15) is 0 Å². The van der Waals surface area contributed by atoms with Crippen molar-refractivity contribution in [2.75, 3.05) is 17.6 Å². The molecule has 1 unspecified atom stereocenters. The van der Waals surface area contributed by atoms with Crippen LogP contribution in [-0.2, 0) is 4.79 Å². The Morgan fingerprint density at radius 3 is 2.80 bits per heavy atom. The summed E-state index contributed by atoms with van der Waals surface area (Å²) in [5.74, 6) is 0.925. The zero-order valence-corrected chi connectivity index (χ0v) is 14.4. The monoisotopic (exact) mass is 357 g/mol. The summed E-state index contributed by atoms with van der Waals surface area (Å²) < 4.78 is 0. The topological polar surface area (TPSA) is 84.3 Å². The van der Waals surface area contributed by atoms with Gasteiger partial charge in [0.25, 0.3) is 5.69 Å². The normalized spacial score (nSPS) is 15.9. The first-order valence-electron chi connectivity index (χ1n) is 8.13. The van der Waals surface area contributed by atoms with E-state index in [1.165, 1.54) is 16.5 Å². The molecular formula is C18H19N3O3S. The summed E-state index contributed by atoms with van der Waals surface area (Å²) >= 11 is 1.81. The van der Waals surface area contributed by atoms with Crippen LogP contribution in [0.1, 0.15) is 24.4 Å². The second-order valence-corrected chi connectivity index (χ2v) is 6.88. The van der Waals surface area contributed by atoms with E-state index >= 15 is 0 Å². The van der Waals surface area contributed by atoms with Gasteiger partial charge in [-0.3, -0.25) is 14.9 Å². The number of nitro groups is 1. The molecule has 1 aliphatic rings. The van der Waals surface area contributed by atoms with E-state index in [1.807, 2.05) is 23.9 Å². The predicted molar refractivity (Wildman–Crippen MR) is 98.9 cm³/mol. The second-order valence-electron chi connectivity index (χ2n) is 5.75. The SMILES string of the molecule is O=C(CCNc1ccccc1[N+](=O)[O-])NC1CCSc2ccccc21. The van der Waals surface area contributed by atoms with Gasteiger partial charge in [0.2, 0.25) is 5.91 Å². The third-order valence-corrected chi connectivity index (χ3v) is 5.18. The summed E-state index contributed by atoms with van der Waals surface area (Å²) in [6, 6.07) is 14.6. The number of thioether (sulfide) groups is 1. The van der Waals surface area contributed by atoms with Crippen molar-refractivity contribution in [2.24, 2.45) is 0 Å². The Kier molecular flexibility index (Phi) is 5.55. The van der Waals surface area contributed by atoms with Crippen LogP contribution in [-0.4, -0.2) is 23.1 Å². The highest BCUT2D eigenvalue weighted by Gasteiger charge is 2.21. The van der Waals surface area contributed by atoms with E-state index < -0.39 is 4.92 Å². The molecule has 2 N–H and O–H groups in total. The quantitative estimate of drug-likeness (QED) is 0.607. The molecule has 0 fully saturated rings. The third-order valence-electron chi connectivity index (χ3n) is 4.06. The number of carbonyl (C=O) groups excluding carboxylic acids is 1. The molecule has 0 spiro atoms. The van der Waals surface area contributed by atoms with Gasteiger partial charge in [0.15, 0.2) is 0 Å². The molecule has 1 amide bonds. The number of nitrogens with zero attached hydrogens (tertiary/aromatic N) is 1. The van der Waals surface area contributed by atoms with Crippen molar-refractivity contribution < 1.29 is 9.72 Å². The lowest BCUT2D eigenvalue weighted by molar-refractivity contribution is -0.384. The van der Waals surface area contributed by atoms with Gasteiger partial charge in [-0.25, -0.2) is 0 Å². The molecule has 0 radical (unpaired) electrons. The fourth-order valence-electron chi connectivity index (χ4n) is 2.85. The van der Waals surface area contributed by atoms with Gasteiger partial charge in [0.05, 0.1) is 11.0 Å². The maximum absolute atomic E-state index is 12.2. The molecule has 0 saturated heterocycles. The Balaban J connectivity index is 1.54. The number of carbonyl (C=O) groups is 1. The van der Waals surface area contributed by atoms with Gasteiger partial charge in [-0.15, -0.1) is 11.8 Å². The lowest BCUT2D eigenvalue weighted by atomic mass is 10.0. The van der Waals surface area contributed by atoms with Crippen molar-refractivity contribution >= 4 is 29.0 Å². The van der Waals surface area contributed by atoms with Gasteiger partial charge in [-0.1, -0.05) is 30.3 Å². The molecule has 1 atom stereocenters. The van der Waals surface area contributed by atoms with Crippen LogP contribution in [0.2, 0.25) is 0 Å². The lowest BCUT2D eigenvalue weighted by Crippen LogP contribution is -2.31. The molecule has 3 rings (SSSR count). The molecule has 0 saturated carbocycles. The third kappa shape index (κ3) is 4.30. The Morgan fingerprint density at radius 2 is 1.96 bits per heavy atom. The van der Waals surface area contributed by atoms with Gasteiger partial charge in [-0.05, 0) is 24.1 Å². The first-order chi connectivity index (χ1) is 12.1. The van der Waals surface area contributed by atoms with E-state index in [0.717, 1.165) is 12.2 Å².